The summed E-state index contributed by atoms with van der Waals surface area (Å²) in [5, 5.41) is 4.97. The van der Waals surface area contributed by atoms with Crippen molar-refractivity contribution < 1.29 is 50.6 Å². The Bertz CT molecular complexity index is 900. The molecule has 0 aromatic carbocycles. The van der Waals surface area contributed by atoms with Gasteiger partial charge in [0.2, 0.25) is 11.8 Å². The quantitative estimate of drug-likeness (QED) is 0.460. The van der Waals surface area contributed by atoms with Crippen LogP contribution in [0.15, 0.2) is 0 Å². The molecule has 3 amide bonds. The highest BCUT2D eigenvalue weighted by Gasteiger charge is 2.56. The average molecular weight is 525 g/mol. The van der Waals surface area contributed by atoms with Crippen LogP contribution in [0, 0.1) is 17.8 Å². The zero-order valence-corrected chi connectivity index (χ0v) is 19.3. The third-order valence-corrected chi connectivity index (χ3v) is 7.54. The molecule has 36 heavy (non-hydrogen) atoms. The number of ether oxygens (including phenoxy) is 2. The van der Waals surface area contributed by atoms with E-state index in [1.807, 2.05) is 0 Å². The van der Waals surface area contributed by atoms with Gasteiger partial charge in [-0.05, 0) is 37.5 Å². The Morgan fingerprint density at radius 2 is 1.97 bits per heavy atom. The molecule has 1 saturated carbocycles. The van der Waals surface area contributed by atoms with E-state index < -0.39 is 72.9 Å². The average Bonchev–Trinajstić information content (AvgIpc) is 3.55. The van der Waals surface area contributed by atoms with Gasteiger partial charge in [-0.15, -0.1) is 13.2 Å². The number of nitrogens with one attached hydrogen (secondary N) is 2. The molecule has 0 bridgehead atoms. The Morgan fingerprint density at radius 1 is 1.22 bits per heavy atom. The van der Waals surface area contributed by atoms with Crippen LogP contribution < -0.4 is 10.6 Å². The number of ketones is 1. The maximum Gasteiger partial charge on any atom is 0.522 e. The summed E-state index contributed by atoms with van der Waals surface area (Å²) in [6.07, 6.45) is -5.65. The number of fused-ring (bicyclic) bond motifs is 1. The van der Waals surface area contributed by atoms with Crippen LogP contribution in [0.1, 0.15) is 38.5 Å². The predicted octanol–water partition coefficient (Wildman–Crippen LogP) is 1.15. The van der Waals surface area contributed by atoms with Gasteiger partial charge in [-0.2, -0.15) is 0 Å². The second-order valence-electron chi connectivity index (χ2n) is 9.83. The summed E-state index contributed by atoms with van der Waals surface area (Å²) in [6.45, 7) is -1.29. The molecule has 202 valence electrons. The van der Waals surface area contributed by atoms with E-state index in [-0.39, 0.29) is 31.4 Å². The monoisotopic (exact) mass is 525 g/mol. The Hall–Kier alpha value is -2.35. The first-order chi connectivity index (χ1) is 16.9. The van der Waals surface area contributed by atoms with Gasteiger partial charge in [0.05, 0.1) is 12.6 Å². The van der Waals surface area contributed by atoms with Crippen LogP contribution in [0.3, 0.4) is 0 Å². The highest BCUT2D eigenvalue weighted by Crippen LogP contribution is 2.44. The number of halogens is 5. The minimum absolute atomic E-state index is 0.0678. The molecule has 0 radical (unpaired) electrons. The van der Waals surface area contributed by atoms with E-state index in [0.29, 0.717) is 25.8 Å². The molecule has 3 saturated heterocycles. The third kappa shape index (κ3) is 5.63. The van der Waals surface area contributed by atoms with Crippen LogP contribution in [0.4, 0.5) is 22.0 Å². The van der Waals surface area contributed by atoms with E-state index in [1.54, 1.807) is 0 Å². The fourth-order valence-corrected chi connectivity index (χ4v) is 5.77. The molecule has 0 aromatic heterocycles. The first-order valence-electron chi connectivity index (χ1n) is 12.0. The number of rotatable bonds is 8. The summed E-state index contributed by atoms with van der Waals surface area (Å²) in [5.74, 6) is -7.90. The third-order valence-electron chi connectivity index (χ3n) is 7.54. The summed E-state index contributed by atoms with van der Waals surface area (Å²) >= 11 is 0. The molecule has 9 nitrogen and oxygen atoms in total. The van der Waals surface area contributed by atoms with E-state index in [9.17, 15) is 41.1 Å². The molecule has 4 fully saturated rings. The summed E-state index contributed by atoms with van der Waals surface area (Å²) in [7, 11) is 0. The smallest absolute Gasteiger partial charge is 0.362 e. The number of hydrogen-bond acceptors (Lipinski definition) is 6. The number of amides is 3. The molecule has 2 N–H and O–H groups in total. The van der Waals surface area contributed by atoms with Crippen LogP contribution >= 0.6 is 0 Å². The van der Waals surface area contributed by atoms with Gasteiger partial charge in [0, 0.05) is 25.4 Å². The Kier molecular flexibility index (Phi) is 7.56. The van der Waals surface area contributed by atoms with Crippen molar-refractivity contribution in [3.05, 3.63) is 0 Å². The topological polar surface area (TPSA) is 114 Å². The first kappa shape index (κ1) is 26.7. The van der Waals surface area contributed by atoms with E-state index in [2.05, 4.69) is 15.4 Å². The number of Topliss-reactive ketones (excluding diaryl/α,β-unsaturated/α-hetero) is 1. The van der Waals surface area contributed by atoms with Crippen molar-refractivity contribution in [3.8, 4) is 0 Å². The van der Waals surface area contributed by atoms with Crippen LogP contribution in [0.2, 0.25) is 0 Å². The zero-order valence-electron chi connectivity index (χ0n) is 19.3. The maximum atomic E-state index is 14.2. The first-order valence-corrected chi connectivity index (χ1v) is 12.0. The van der Waals surface area contributed by atoms with Gasteiger partial charge in [0.1, 0.15) is 12.6 Å². The highest BCUT2D eigenvalue weighted by molar-refractivity contribution is 5.95. The van der Waals surface area contributed by atoms with Crippen molar-refractivity contribution in [3.63, 3.8) is 0 Å². The Labute approximate surface area is 203 Å². The number of likely N-dealkylation sites (tertiary alicyclic amines) is 1. The molecule has 1 aliphatic carbocycles. The van der Waals surface area contributed by atoms with E-state index in [0.717, 1.165) is 11.3 Å². The molecule has 0 spiro atoms. The van der Waals surface area contributed by atoms with E-state index in [4.69, 9.17) is 4.74 Å². The minimum Gasteiger partial charge on any atom is -0.362 e. The Morgan fingerprint density at radius 3 is 2.58 bits per heavy atom. The van der Waals surface area contributed by atoms with Gasteiger partial charge in [0.15, 0.2) is 11.9 Å². The molecular formula is C22H28F5N3O6. The SMILES string of the molecule is O=C1NCCC1CC(NC(=O)[C@@H]1C2CCCC2CN1C(=O)C1OCCC1(F)F)C(=O)COC(F)(F)F. The summed E-state index contributed by atoms with van der Waals surface area (Å²) in [5.41, 5.74) is 0. The lowest BCUT2D eigenvalue weighted by atomic mass is 9.92. The van der Waals surface area contributed by atoms with E-state index in [1.165, 1.54) is 0 Å². The van der Waals surface area contributed by atoms with Crippen LogP contribution in [0.25, 0.3) is 0 Å². The van der Waals surface area contributed by atoms with Crippen molar-refractivity contribution in [1.82, 2.24) is 15.5 Å². The molecule has 3 heterocycles. The van der Waals surface area contributed by atoms with Crippen molar-refractivity contribution in [2.24, 2.45) is 17.8 Å². The lowest BCUT2D eigenvalue weighted by Crippen LogP contribution is -2.56. The largest absolute Gasteiger partial charge is 0.522 e. The van der Waals surface area contributed by atoms with Gasteiger partial charge in [-0.3, -0.25) is 23.9 Å². The van der Waals surface area contributed by atoms with Crippen molar-refractivity contribution in [1.29, 1.82) is 0 Å². The minimum atomic E-state index is -5.08. The molecular weight excluding hydrogens is 497 g/mol. The van der Waals surface area contributed by atoms with E-state index >= 15 is 0 Å². The number of carbonyl (C=O) groups is 4. The molecule has 4 rings (SSSR count). The molecule has 3 aliphatic heterocycles. The lowest BCUT2D eigenvalue weighted by molar-refractivity contribution is -0.321. The van der Waals surface area contributed by atoms with Gasteiger partial charge in [-0.1, -0.05) is 6.42 Å². The standard InChI is InChI=1S/C22H28F5N3O6/c23-21(24)5-7-35-17(21)20(34)30-9-12-2-1-3-13(12)16(30)19(33)29-14(8-11-4-6-28-18(11)32)15(31)10-36-22(25,26)27/h11-14,16-17H,1-10H2,(H,28,32)(H,29,33)/t11?,12?,13?,14?,16-,17?/m0/s1. The number of alkyl halides is 5. The fraction of sp³-hybridized carbons (Fsp3) is 0.818. The number of carbonyl (C=O) groups excluding carboxylic acids is 4. The molecule has 6 atom stereocenters. The van der Waals surface area contributed by atoms with Crippen molar-refractivity contribution in [2.45, 2.75) is 69.0 Å². The van der Waals surface area contributed by atoms with Crippen LogP contribution in [0.5, 0.6) is 0 Å². The predicted molar refractivity (Wildman–Crippen MR) is 110 cm³/mol. The summed E-state index contributed by atoms with van der Waals surface area (Å²) in [4.78, 5) is 52.1. The normalized spacial score (nSPS) is 32.3. The number of nitrogens with zero attached hydrogens (tertiary/aromatic N) is 1. The Balaban J connectivity index is 1.52. The molecule has 0 aromatic rings. The molecule has 14 heteroatoms. The summed E-state index contributed by atoms with van der Waals surface area (Å²) < 4.78 is 74.6. The molecule has 5 unspecified atom stereocenters. The van der Waals surface area contributed by atoms with Crippen molar-refractivity contribution >= 4 is 23.5 Å². The second-order valence-corrected chi connectivity index (χ2v) is 9.83. The number of hydrogen-bond donors (Lipinski definition) is 2. The van der Waals surface area contributed by atoms with Gasteiger partial charge < -0.3 is 20.3 Å². The zero-order chi connectivity index (χ0) is 26.3. The fourth-order valence-electron chi connectivity index (χ4n) is 5.77. The molecule has 4 aliphatic rings. The van der Waals surface area contributed by atoms with Crippen LogP contribution in [-0.2, 0) is 28.7 Å². The second kappa shape index (κ2) is 10.2. The van der Waals surface area contributed by atoms with Gasteiger partial charge in [0.25, 0.3) is 11.8 Å². The highest BCUT2D eigenvalue weighted by atomic mass is 19.4. The maximum absolute atomic E-state index is 14.2. The summed E-state index contributed by atoms with van der Waals surface area (Å²) in [6, 6.07) is -2.67. The lowest BCUT2D eigenvalue weighted by Gasteiger charge is -2.31. The van der Waals surface area contributed by atoms with Crippen molar-refractivity contribution in [2.75, 3.05) is 26.3 Å². The van der Waals surface area contributed by atoms with Crippen LogP contribution in [-0.4, -0.2) is 85.2 Å². The van der Waals surface area contributed by atoms with Gasteiger partial charge in [-0.25, -0.2) is 8.78 Å². The van der Waals surface area contributed by atoms with Gasteiger partial charge >= 0.3 is 6.36 Å².